The smallest absolute Gasteiger partial charge is 0.146 e. The first kappa shape index (κ1) is 13.5. The van der Waals surface area contributed by atoms with E-state index >= 15 is 0 Å². The number of nitrogens with one attached hydrogen (secondary N) is 1. The zero-order chi connectivity index (χ0) is 13.7. The molecule has 1 N–H and O–H groups in total. The quantitative estimate of drug-likeness (QED) is 0.941. The molecule has 0 saturated heterocycles. The summed E-state index contributed by atoms with van der Waals surface area (Å²) in [5, 5.41) is 12.1. The zero-order valence-corrected chi connectivity index (χ0v) is 12.1. The number of anilines is 1. The molecule has 0 aliphatic rings. The Bertz CT molecular complexity index is 619. The molecule has 0 saturated carbocycles. The summed E-state index contributed by atoms with van der Waals surface area (Å²) in [6, 6.07) is 11.8. The SMILES string of the molecule is Cc1nc(C#N)cc(NCCc2ccccc2Br)n1. The van der Waals surface area contributed by atoms with Gasteiger partial charge >= 0.3 is 0 Å². The van der Waals surface area contributed by atoms with E-state index < -0.39 is 0 Å². The van der Waals surface area contributed by atoms with Gasteiger partial charge in [-0.3, -0.25) is 0 Å². The molecule has 1 aromatic carbocycles. The molecule has 96 valence electrons. The van der Waals surface area contributed by atoms with Gasteiger partial charge in [-0.15, -0.1) is 0 Å². The highest BCUT2D eigenvalue weighted by Gasteiger charge is 2.02. The van der Waals surface area contributed by atoms with Gasteiger partial charge in [-0.25, -0.2) is 9.97 Å². The monoisotopic (exact) mass is 316 g/mol. The Morgan fingerprint density at radius 2 is 2.11 bits per heavy atom. The molecule has 5 heteroatoms. The summed E-state index contributed by atoms with van der Waals surface area (Å²) >= 11 is 3.52. The number of halogens is 1. The van der Waals surface area contributed by atoms with Crippen LogP contribution in [0.15, 0.2) is 34.8 Å². The van der Waals surface area contributed by atoms with Crippen LogP contribution in [-0.4, -0.2) is 16.5 Å². The van der Waals surface area contributed by atoms with Crippen molar-refractivity contribution in [2.24, 2.45) is 0 Å². The normalized spacial score (nSPS) is 9.95. The van der Waals surface area contributed by atoms with E-state index in [0.717, 1.165) is 17.4 Å². The number of hydrogen-bond acceptors (Lipinski definition) is 4. The van der Waals surface area contributed by atoms with E-state index in [4.69, 9.17) is 5.26 Å². The number of aryl methyl sites for hydroxylation is 1. The lowest BCUT2D eigenvalue weighted by molar-refractivity contribution is 0.972. The molecule has 0 unspecified atom stereocenters. The number of benzene rings is 1. The lowest BCUT2D eigenvalue weighted by Crippen LogP contribution is -2.08. The molecule has 0 aliphatic carbocycles. The molecule has 0 amide bonds. The van der Waals surface area contributed by atoms with Crippen LogP contribution in [0.2, 0.25) is 0 Å². The van der Waals surface area contributed by atoms with Crippen LogP contribution in [0.3, 0.4) is 0 Å². The minimum atomic E-state index is 0.385. The third-order valence-corrected chi connectivity index (χ3v) is 3.38. The summed E-state index contributed by atoms with van der Waals surface area (Å²) < 4.78 is 1.10. The van der Waals surface area contributed by atoms with Crippen molar-refractivity contribution in [3.8, 4) is 6.07 Å². The van der Waals surface area contributed by atoms with Gasteiger partial charge in [-0.2, -0.15) is 5.26 Å². The van der Waals surface area contributed by atoms with Crippen molar-refractivity contribution in [2.45, 2.75) is 13.3 Å². The fourth-order valence-electron chi connectivity index (χ4n) is 1.74. The van der Waals surface area contributed by atoms with Crippen LogP contribution >= 0.6 is 15.9 Å². The molecule has 1 aromatic heterocycles. The van der Waals surface area contributed by atoms with Crippen molar-refractivity contribution in [3.63, 3.8) is 0 Å². The molecule has 0 fully saturated rings. The van der Waals surface area contributed by atoms with Gasteiger partial charge in [-0.05, 0) is 25.0 Å². The molecule has 19 heavy (non-hydrogen) atoms. The van der Waals surface area contributed by atoms with Crippen molar-refractivity contribution in [3.05, 3.63) is 51.9 Å². The lowest BCUT2D eigenvalue weighted by Gasteiger charge is -2.07. The summed E-state index contributed by atoms with van der Waals surface area (Å²) in [4.78, 5) is 8.26. The minimum Gasteiger partial charge on any atom is -0.370 e. The van der Waals surface area contributed by atoms with Gasteiger partial charge in [0.2, 0.25) is 0 Å². The van der Waals surface area contributed by atoms with E-state index in [9.17, 15) is 0 Å². The Morgan fingerprint density at radius 3 is 2.84 bits per heavy atom. The Labute approximate surface area is 120 Å². The van der Waals surface area contributed by atoms with Gasteiger partial charge in [0.25, 0.3) is 0 Å². The number of hydrogen-bond donors (Lipinski definition) is 1. The highest BCUT2D eigenvalue weighted by Crippen LogP contribution is 2.16. The molecule has 0 radical (unpaired) electrons. The molecule has 2 aromatic rings. The molecule has 1 heterocycles. The Hall–Kier alpha value is -1.93. The largest absolute Gasteiger partial charge is 0.370 e. The van der Waals surface area contributed by atoms with Gasteiger partial charge in [0.05, 0.1) is 0 Å². The zero-order valence-electron chi connectivity index (χ0n) is 10.5. The molecule has 0 atom stereocenters. The van der Waals surface area contributed by atoms with Crippen molar-refractivity contribution in [2.75, 3.05) is 11.9 Å². The number of aromatic nitrogens is 2. The Balaban J connectivity index is 1.98. The van der Waals surface area contributed by atoms with Gasteiger partial charge < -0.3 is 5.32 Å². The highest BCUT2D eigenvalue weighted by atomic mass is 79.9. The minimum absolute atomic E-state index is 0.385. The maximum atomic E-state index is 8.85. The summed E-state index contributed by atoms with van der Waals surface area (Å²) in [5.41, 5.74) is 1.62. The van der Waals surface area contributed by atoms with Gasteiger partial charge in [-0.1, -0.05) is 34.1 Å². The van der Waals surface area contributed by atoms with Crippen molar-refractivity contribution >= 4 is 21.7 Å². The molecule has 0 spiro atoms. The first-order valence-electron chi connectivity index (χ1n) is 5.92. The average molecular weight is 317 g/mol. The topological polar surface area (TPSA) is 61.6 Å². The molecule has 4 nitrogen and oxygen atoms in total. The van der Waals surface area contributed by atoms with E-state index in [-0.39, 0.29) is 0 Å². The van der Waals surface area contributed by atoms with Crippen LogP contribution in [0.4, 0.5) is 5.82 Å². The van der Waals surface area contributed by atoms with Crippen molar-refractivity contribution in [1.29, 1.82) is 5.26 Å². The summed E-state index contributed by atoms with van der Waals surface area (Å²) in [6.45, 7) is 2.53. The predicted octanol–water partition coefficient (Wildman–Crippen LogP) is 3.07. The second-order valence-corrected chi connectivity index (χ2v) is 4.92. The lowest BCUT2D eigenvalue weighted by atomic mass is 10.1. The first-order chi connectivity index (χ1) is 9.19. The summed E-state index contributed by atoms with van der Waals surface area (Å²) in [7, 11) is 0. The van der Waals surface area contributed by atoms with Gasteiger partial charge in [0, 0.05) is 17.1 Å². The fraction of sp³-hybridized carbons (Fsp3) is 0.214. The molecular formula is C14H13BrN4. The van der Waals surface area contributed by atoms with Crippen LogP contribution < -0.4 is 5.32 Å². The van der Waals surface area contributed by atoms with Crippen molar-refractivity contribution < 1.29 is 0 Å². The number of nitriles is 1. The van der Waals surface area contributed by atoms with E-state index in [0.29, 0.717) is 17.3 Å². The van der Waals surface area contributed by atoms with Crippen molar-refractivity contribution in [1.82, 2.24) is 9.97 Å². The molecular weight excluding hydrogens is 304 g/mol. The first-order valence-corrected chi connectivity index (χ1v) is 6.71. The van der Waals surface area contributed by atoms with Crippen LogP contribution in [0, 0.1) is 18.3 Å². The average Bonchev–Trinajstić information content (AvgIpc) is 2.40. The third-order valence-electron chi connectivity index (χ3n) is 2.61. The van der Waals surface area contributed by atoms with E-state index in [2.05, 4.69) is 37.3 Å². The standard InChI is InChI=1S/C14H13BrN4/c1-10-18-12(9-16)8-14(19-10)17-7-6-11-4-2-3-5-13(11)15/h2-5,8H,6-7H2,1H3,(H,17,18,19). The molecule has 0 aliphatic heterocycles. The second kappa shape index (κ2) is 6.30. The van der Waals surface area contributed by atoms with E-state index in [1.54, 1.807) is 13.0 Å². The Morgan fingerprint density at radius 1 is 1.32 bits per heavy atom. The van der Waals surface area contributed by atoms with Crippen LogP contribution in [0.1, 0.15) is 17.1 Å². The predicted molar refractivity (Wildman–Crippen MR) is 77.8 cm³/mol. The van der Waals surface area contributed by atoms with Crippen LogP contribution in [-0.2, 0) is 6.42 Å². The number of rotatable bonds is 4. The van der Waals surface area contributed by atoms with Crippen LogP contribution in [0.5, 0.6) is 0 Å². The maximum Gasteiger partial charge on any atom is 0.146 e. The molecule has 2 rings (SSSR count). The fourth-order valence-corrected chi connectivity index (χ4v) is 2.22. The maximum absolute atomic E-state index is 8.85. The highest BCUT2D eigenvalue weighted by molar-refractivity contribution is 9.10. The van der Waals surface area contributed by atoms with E-state index in [1.807, 2.05) is 24.3 Å². The van der Waals surface area contributed by atoms with Gasteiger partial charge in [0.15, 0.2) is 0 Å². The van der Waals surface area contributed by atoms with Gasteiger partial charge in [0.1, 0.15) is 23.4 Å². The Kier molecular flexibility index (Phi) is 4.48. The third kappa shape index (κ3) is 3.76. The molecule has 0 bridgehead atoms. The number of nitrogens with zero attached hydrogens (tertiary/aromatic N) is 3. The second-order valence-electron chi connectivity index (χ2n) is 4.07. The van der Waals surface area contributed by atoms with Crippen LogP contribution in [0.25, 0.3) is 0 Å². The summed E-state index contributed by atoms with van der Waals surface area (Å²) in [5.74, 6) is 1.29. The summed E-state index contributed by atoms with van der Waals surface area (Å²) in [6.07, 6.45) is 0.881. The van der Waals surface area contributed by atoms with E-state index in [1.165, 1.54) is 5.56 Å².